The van der Waals surface area contributed by atoms with Crippen molar-refractivity contribution in [1.82, 2.24) is 4.90 Å². The zero-order valence-corrected chi connectivity index (χ0v) is 11.1. The number of hydrogen-bond acceptors (Lipinski definition) is 2. The highest BCUT2D eigenvalue weighted by Gasteiger charge is 2.12. The van der Waals surface area contributed by atoms with Gasteiger partial charge in [0.15, 0.2) is 0 Å². The molecule has 0 unspecified atom stereocenters. The Bertz CT molecular complexity index is 126. The van der Waals surface area contributed by atoms with Gasteiger partial charge in [0.25, 0.3) is 0 Å². The molecule has 0 aliphatic carbocycles. The number of rotatable bonds is 9. The Morgan fingerprint density at radius 1 is 1.00 bits per heavy atom. The van der Waals surface area contributed by atoms with Gasteiger partial charge in [0, 0.05) is 12.6 Å². The Labute approximate surface area is 96.2 Å². The lowest BCUT2D eigenvalue weighted by Gasteiger charge is -2.27. The van der Waals surface area contributed by atoms with E-state index in [2.05, 4.69) is 32.6 Å². The van der Waals surface area contributed by atoms with E-state index < -0.39 is 0 Å². The zero-order valence-electron chi connectivity index (χ0n) is 11.1. The van der Waals surface area contributed by atoms with Crippen LogP contribution in [0.25, 0.3) is 0 Å². The van der Waals surface area contributed by atoms with E-state index in [4.69, 9.17) is 5.73 Å². The number of unbranched alkanes of at least 4 members (excludes halogenated alkanes) is 2. The fraction of sp³-hybridized carbons (Fsp3) is 1.00. The van der Waals surface area contributed by atoms with E-state index in [1.54, 1.807) is 0 Å². The van der Waals surface area contributed by atoms with E-state index in [1.165, 1.54) is 38.8 Å². The summed E-state index contributed by atoms with van der Waals surface area (Å²) in [6.07, 6.45) is 5.15. The van der Waals surface area contributed by atoms with Crippen molar-refractivity contribution in [3.8, 4) is 0 Å². The molecule has 0 aliphatic heterocycles. The van der Waals surface area contributed by atoms with E-state index in [1.807, 2.05) is 0 Å². The molecule has 2 heteroatoms. The van der Waals surface area contributed by atoms with Gasteiger partial charge in [-0.05, 0) is 31.8 Å². The van der Waals surface area contributed by atoms with Crippen molar-refractivity contribution in [3.63, 3.8) is 0 Å². The molecule has 15 heavy (non-hydrogen) atoms. The molecule has 0 radical (unpaired) electrons. The highest BCUT2D eigenvalue weighted by Crippen LogP contribution is 2.04. The van der Waals surface area contributed by atoms with Crippen LogP contribution in [0.2, 0.25) is 0 Å². The smallest absolute Gasteiger partial charge is 0.0191 e. The van der Waals surface area contributed by atoms with Crippen molar-refractivity contribution in [1.29, 1.82) is 0 Å². The first-order valence-corrected chi connectivity index (χ1v) is 6.59. The standard InChI is InChI=1S/C13H30N2/c1-5-7-9-15(10-8-6-2)11-13(14)12(3)4/h12-13H,5-11,14H2,1-4H3/t13-/m1/s1. The fourth-order valence-electron chi connectivity index (χ4n) is 1.57. The van der Waals surface area contributed by atoms with E-state index in [-0.39, 0.29) is 0 Å². The van der Waals surface area contributed by atoms with Crippen molar-refractivity contribution in [2.75, 3.05) is 19.6 Å². The van der Waals surface area contributed by atoms with Gasteiger partial charge in [-0.25, -0.2) is 0 Å². The fourth-order valence-corrected chi connectivity index (χ4v) is 1.57. The third kappa shape index (κ3) is 7.80. The molecule has 0 bridgehead atoms. The van der Waals surface area contributed by atoms with Gasteiger partial charge in [-0.1, -0.05) is 40.5 Å². The van der Waals surface area contributed by atoms with Crippen LogP contribution in [-0.2, 0) is 0 Å². The zero-order chi connectivity index (χ0) is 11.7. The van der Waals surface area contributed by atoms with E-state index in [9.17, 15) is 0 Å². The van der Waals surface area contributed by atoms with Crippen LogP contribution in [0.3, 0.4) is 0 Å². The lowest BCUT2D eigenvalue weighted by atomic mass is 10.0. The van der Waals surface area contributed by atoms with Crippen LogP contribution in [-0.4, -0.2) is 30.6 Å². The molecule has 0 aromatic rings. The van der Waals surface area contributed by atoms with Gasteiger partial charge in [0.05, 0.1) is 0 Å². The molecule has 2 N–H and O–H groups in total. The highest BCUT2D eigenvalue weighted by molar-refractivity contribution is 4.71. The molecule has 0 saturated carbocycles. The van der Waals surface area contributed by atoms with Crippen molar-refractivity contribution < 1.29 is 0 Å². The maximum atomic E-state index is 6.12. The normalized spacial score (nSPS) is 13.8. The van der Waals surface area contributed by atoms with Gasteiger partial charge in [0.2, 0.25) is 0 Å². The minimum Gasteiger partial charge on any atom is -0.326 e. The number of nitrogens with two attached hydrogens (primary N) is 1. The molecule has 0 fully saturated rings. The van der Waals surface area contributed by atoms with E-state index in [0.29, 0.717) is 12.0 Å². The second kappa shape index (κ2) is 9.17. The number of nitrogens with zero attached hydrogens (tertiary/aromatic N) is 1. The Kier molecular flexibility index (Phi) is 9.12. The Balaban J connectivity index is 3.87. The van der Waals surface area contributed by atoms with Gasteiger partial charge in [-0.15, -0.1) is 0 Å². The third-order valence-corrected chi connectivity index (χ3v) is 2.98. The monoisotopic (exact) mass is 214 g/mol. The topological polar surface area (TPSA) is 29.3 Å². The predicted octanol–water partition coefficient (Wildman–Crippen LogP) is 2.87. The molecule has 0 heterocycles. The van der Waals surface area contributed by atoms with Gasteiger partial charge in [-0.2, -0.15) is 0 Å². The SMILES string of the molecule is CCCCN(CCCC)C[C@@H](N)C(C)C. The third-order valence-electron chi connectivity index (χ3n) is 2.98. The summed E-state index contributed by atoms with van der Waals surface area (Å²) in [6.45, 7) is 12.4. The van der Waals surface area contributed by atoms with E-state index in [0.717, 1.165) is 6.54 Å². The van der Waals surface area contributed by atoms with Crippen LogP contribution < -0.4 is 5.73 Å². The average Bonchev–Trinajstić information content (AvgIpc) is 2.21. The van der Waals surface area contributed by atoms with Crippen LogP contribution in [0.1, 0.15) is 53.4 Å². The van der Waals surface area contributed by atoms with Crippen molar-refractivity contribution in [2.45, 2.75) is 59.4 Å². The van der Waals surface area contributed by atoms with Gasteiger partial charge >= 0.3 is 0 Å². The maximum Gasteiger partial charge on any atom is 0.0191 e. The molecular formula is C13H30N2. The molecule has 0 saturated heterocycles. The Morgan fingerprint density at radius 2 is 1.47 bits per heavy atom. The van der Waals surface area contributed by atoms with Crippen LogP contribution in [0, 0.1) is 5.92 Å². The number of hydrogen-bond donors (Lipinski definition) is 1. The molecule has 0 rings (SSSR count). The van der Waals surface area contributed by atoms with Crippen LogP contribution in [0.5, 0.6) is 0 Å². The summed E-state index contributed by atoms with van der Waals surface area (Å²) in [5.74, 6) is 0.593. The van der Waals surface area contributed by atoms with Crippen LogP contribution in [0.15, 0.2) is 0 Å². The first-order chi connectivity index (χ1) is 7.11. The van der Waals surface area contributed by atoms with Gasteiger partial charge < -0.3 is 10.6 Å². The van der Waals surface area contributed by atoms with Gasteiger partial charge in [-0.3, -0.25) is 0 Å². The molecule has 92 valence electrons. The Morgan fingerprint density at radius 3 is 1.80 bits per heavy atom. The van der Waals surface area contributed by atoms with Gasteiger partial charge in [0.1, 0.15) is 0 Å². The predicted molar refractivity (Wildman–Crippen MR) is 69.1 cm³/mol. The van der Waals surface area contributed by atoms with Crippen molar-refractivity contribution in [2.24, 2.45) is 11.7 Å². The van der Waals surface area contributed by atoms with Crippen LogP contribution >= 0.6 is 0 Å². The first-order valence-electron chi connectivity index (χ1n) is 6.59. The lowest BCUT2D eigenvalue weighted by Crippen LogP contribution is -2.41. The minimum absolute atomic E-state index is 0.332. The summed E-state index contributed by atoms with van der Waals surface area (Å²) in [5.41, 5.74) is 6.12. The summed E-state index contributed by atoms with van der Waals surface area (Å²) in [5, 5.41) is 0. The first kappa shape index (κ1) is 14.9. The van der Waals surface area contributed by atoms with Crippen molar-refractivity contribution in [3.05, 3.63) is 0 Å². The molecule has 0 aromatic heterocycles. The molecule has 0 spiro atoms. The summed E-state index contributed by atoms with van der Waals surface area (Å²) in [4.78, 5) is 2.54. The lowest BCUT2D eigenvalue weighted by molar-refractivity contribution is 0.231. The second-order valence-corrected chi connectivity index (χ2v) is 4.92. The molecule has 2 nitrogen and oxygen atoms in total. The summed E-state index contributed by atoms with van der Waals surface area (Å²) in [7, 11) is 0. The summed E-state index contributed by atoms with van der Waals surface area (Å²) < 4.78 is 0. The second-order valence-electron chi connectivity index (χ2n) is 4.92. The average molecular weight is 214 g/mol. The van der Waals surface area contributed by atoms with E-state index >= 15 is 0 Å². The van der Waals surface area contributed by atoms with Crippen LogP contribution in [0.4, 0.5) is 0 Å². The summed E-state index contributed by atoms with van der Waals surface area (Å²) in [6, 6.07) is 0.332. The molecule has 0 aromatic carbocycles. The molecule has 1 atom stereocenters. The molecule has 0 amide bonds. The largest absolute Gasteiger partial charge is 0.326 e. The minimum atomic E-state index is 0.332. The maximum absolute atomic E-state index is 6.12. The highest BCUT2D eigenvalue weighted by atomic mass is 15.1. The molecular weight excluding hydrogens is 184 g/mol. The Hall–Kier alpha value is -0.0800. The summed E-state index contributed by atoms with van der Waals surface area (Å²) >= 11 is 0. The van der Waals surface area contributed by atoms with Crippen molar-refractivity contribution >= 4 is 0 Å². The molecule has 0 aliphatic rings. The quantitative estimate of drug-likeness (QED) is 0.639.